The van der Waals surface area contributed by atoms with Gasteiger partial charge in [-0.3, -0.25) is 9.69 Å². The molecule has 0 aromatic heterocycles. The summed E-state index contributed by atoms with van der Waals surface area (Å²) >= 11 is 0. The van der Waals surface area contributed by atoms with Crippen LogP contribution in [0.5, 0.6) is 11.5 Å². The van der Waals surface area contributed by atoms with Crippen LogP contribution in [-0.4, -0.2) is 44.2 Å². The molecule has 1 N–H and O–H groups in total. The van der Waals surface area contributed by atoms with E-state index in [-0.39, 0.29) is 5.91 Å². The maximum absolute atomic E-state index is 12.3. The number of ether oxygens (including phenoxy) is 2. The van der Waals surface area contributed by atoms with Crippen LogP contribution in [0.15, 0.2) is 18.2 Å². The van der Waals surface area contributed by atoms with Crippen molar-refractivity contribution in [3.63, 3.8) is 0 Å². The average molecular weight is 320 g/mol. The van der Waals surface area contributed by atoms with Crippen molar-refractivity contribution < 1.29 is 14.3 Å². The first kappa shape index (κ1) is 17.6. The molecule has 1 aliphatic rings. The van der Waals surface area contributed by atoms with Crippen molar-refractivity contribution in [1.82, 2.24) is 4.90 Å². The fraction of sp³-hybridized carbons (Fsp3) is 0.611. The lowest BCUT2D eigenvalue weighted by molar-refractivity contribution is -0.116. The molecule has 1 amide bonds. The van der Waals surface area contributed by atoms with E-state index in [0.29, 0.717) is 29.6 Å². The number of hydrogen-bond acceptors (Lipinski definition) is 4. The SMILES string of the molecule is CCC1CCCCN1CCC(=O)Nc1cc(OC)ccc1OC. The van der Waals surface area contributed by atoms with Crippen LogP contribution in [0.4, 0.5) is 5.69 Å². The van der Waals surface area contributed by atoms with Crippen molar-refractivity contribution in [3.05, 3.63) is 18.2 Å². The second kappa shape index (κ2) is 8.77. The molecule has 0 aliphatic carbocycles. The molecule has 1 saturated heterocycles. The van der Waals surface area contributed by atoms with Crippen molar-refractivity contribution in [3.8, 4) is 11.5 Å². The van der Waals surface area contributed by atoms with Crippen molar-refractivity contribution in [1.29, 1.82) is 0 Å². The van der Waals surface area contributed by atoms with Crippen LogP contribution < -0.4 is 14.8 Å². The van der Waals surface area contributed by atoms with Gasteiger partial charge in [-0.1, -0.05) is 13.3 Å². The molecule has 5 heteroatoms. The van der Waals surface area contributed by atoms with Crippen molar-refractivity contribution in [2.24, 2.45) is 0 Å². The summed E-state index contributed by atoms with van der Waals surface area (Å²) in [5.74, 6) is 1.35. The van der Waals surface area contributed by atoms with Gasteiger partial charge in [-0.15, -0.1) is 0 Å². The number of hydrogen-bond donors (Lipinski definition) is 1. The highest BCUT2D eigenvalue weighted by Crippen LogP contribution is 2.29. The van der Waals surface area contributed by atoms with Gasteiger partial charge in [0.25, 0.3) is 0 Å². The largest absolute Gasteiger partial charge is 0.497 e. The zero-order chi connectivity index (χ0) is 16.7. The van der Waals surface area contributed by atoms with Gasteiger partial charge in [-0.05, 0) is 37.9 Å². The predicted octanol–water partition coefficient (Wildman–Crippen LogP) is 3.30. The minimum Gasteiger partial charge on any atom is -0.497 e. The van der Waals surface area contributed by atoms with Crippen LogP contribution in [0, 0.1) is 0 Å². The summed E-state index contributed by atoms with van der Waals surface area (Å²) in [5, 5.41) is 2.94. The van der Waals surface area contributed by atoms with E-state index >= 15 is 0 Å². The van der Waals surface area contributed by atoms with E-state index in [0.717, 1.165) is 19.5 Å². The van der Waals surface area contributed by atoms with Gasteiger partial charge in [0.2, 0.25) is 5.91 Å². The van der Waals surface area contributed by atoms with Crippen molar-refractivity contribution in [2.45, 2.75) is 45.1 Å². The van der Waals surface area contributed by atoms with E-state index < -0.39 is 0 Å². The third-order valence-electron chi connectivity index (χ3n) is 4.53. The number of carbonyl (C=O) groups is 1. The molecule has 0 saturated carbocycles. The molecule has 1 unspecified atom stereocenters. The van der Waals surface area contributed by atoms with Gasteiger partial charge in [0.1, 0.15) is 11.5 Å². The highest BCUT2D eigenvalue weighted by atomic mass is 16.5. The Bertz CT molecular complexity index is 519. The van der Waals surface area contributed by atoms with Crippen LogP contribution in [0.25, 0.3) is 0 Å². The molecule has 1 aromatic rings. The molecular formula is C18H28N2O3. The van der Waals surface area contributed by atoms with Crippen LogP contribution in [-0.2, 0) is 4.79 Å². The lowest BCUT2D eigenvalue weighted by Gasteiger charge is -2.35. The fourth-order valence-corrected chi connectivity index (χ4v) is 3.19. The summed E-state index contributed by atoms with van der Waals surface area (Å²) in [6, 6.07) is 6.02. The fourth-order valence-electron chi connectivity index (χ4n) is 3.19. The Balaban J connectivity index is 1.91. The van der Waals surface area contributed by atoms with Gasteiger partial charge in [-0.25, -0.2) is 0 Å². The number of anilines is 1. The first-order valence-corrected chi connectivity index (χ1v) is 8.43. The maximum atomic E-state index is 12.3. The molecule has 2 rings (SSSR count). The number of nitrogens with zero attached hydrogens (tertiary/aromatic N) is 1. The minimum absolute atomic E-state index is 0.0111. The summed E-state index contributed by atoms with van der Waals surface area (Å²) in [5.41, 5.74) is 0.655. The highest BCUT2D eigenvalue weighted by molar-refractivity contribution is 5.92. The Morgan fingerprint density at radius 1 is 1.30 bits per heavy atom. The topological polar surface area (TPSA) is 50.8 Å². The number of rotatable bonds is 7. The quantitative estimate of drug-likeness (QED) is 0.837. The Labute approximate surface area is 139 Å². The number of likely N-dealkylation sites (tertiary alicyclic amines) is 1. The Morgan fingerprint density at radius 3 is 2.83 bits per heavy atom. The number of methoxy groups -OCH3 is 2. The number of piperidine rings is 1. The van der Waals surface area contributed by atoms with E-state index in [1.165, 1.54) is 19.3 Å². The lowest BCUT2D eigenvalue weighted by Crippen LogP contribution is -2.40. The molecule has 1 heterocycles. The Kier molecular flexibility index (Phi) is 6.71. The van der Waals surface area contributed by atoms with Crippen LogP contribution in [0.3, 0.4) is 0 Å². The van der Waals surface area contributed by atoms with Gasteiger partial charge in [-0.2, -0.15) is 0 Å². The molecular weight excluding hydrogens is 292 g/mol. The highest BCUT2D eigenvalue weighted by Gasteiger charge is 2.21. The summed E-state index contributed by atoms with van der Waals surface area (Å²) < 4.78 is 10.5. The van der Waals surface area contributed by atoms with Crippen molar-refractivity contribution >= 4 is 11.6 Å². The van der Waals surface area contributed by atoms with E-state index in [9.17, 15) is 4.79 Å². The molecule has 0 bridgehead atoms. The molecule has 0 spiro atoms. The summed E-state index contributed by atoms with van der Waals surface area (Å²) in [4.78, 5) is 14.7. The first-order chi connectivity index (χ1) is 11.2. The van der Waals surface area contributed by atoms with Gasteiger partial charge in [0, 0.05) is 25.1 Å². The lowest BCUT2D eigenvalue weighted by atomic mass is 10.00. The first-order valence-electron chi connectivity index (χ1n) is 8.43. The average Bonchev–Trinajstić information content (AvgIpc) is 2.60. The molecule has 1 aliphatic heterocycles. The standard InChI is InChI=1S/C18H28N2O3/c1-4-14-7-5-6-11-20(14)12-10-18(21)19-16-13-15(22-2)8-9-17(16)23-3/h8-9,13-14H,4-7,10-12H2,1-3H3,(H,19,21). The van der Waals surface area contributed by atoms with Crippen LogP contribution in [0.2, 0.25) is 0 Å². The van der Waals surface area contributed by atoms with Gasteiger partial charge in [0.05, 0.1) is 19.9 Å². The number of benzene rings is 1. The van der Waals surface area contributed by atoms with E-state index in [4.69, 9.17) is 9.47 Å². The van der Waals surface area contributed by atoms with Gasteiger partial charge >= 0.3 is 0 Å². The number of nitrogens with one attached hydrogen (secondary N) is 1. The molecule has 23 heavy (non-hydrogen) atoms. The van der Waals surface area contributed by atoms with Crippen LogP contribution >= 0.6 is 0 Å². The second-order valence-electron chi connectivity index (χ2n) is 5.96. The predicted molar refractivity (Wildman–Crippen MR) is 92.3 cm³/mol. The smallest absolute Gasteiger partial charge is 0.225 e. The molecule has 0 radical (unpaired) electrons. The van der Waals surface area contributed by atoms with Gasteiger partial charge in [0.15, 0.2) is 0 Å². The minimum atomic E-state index is 0.0111. The zero-order valence-corrected chi connectivity index (χ0v) is 14.4. The van der Waals surface area contributed by atoms with Crippen molar-refractivity contribution in [2.75, 3.05) is 32.6 Å². The number of carbonyl (C=O) groups excluding carboxylic acids is 1. The normalized spacial score (nSPS) is 18.5. The zero-order valence-electron chi connectivity index (χ0n) is 14.4. The van der Waals surface area contributed by atoms with E-state index in [1.807, 2.05) is 6.07 Å². The molecule has 1 atom stereocenters. The summed E-state index contributed by atoms with van der Waals surface area (Å²) in [6.45, 7) is 4.15. The Morgan fingerprint density at radius 2 is 2.13 bits per heavy atom. The maximum Gasteiger partial charge on any atom is 0.225 e. The summed E-state index contributed by atoms with van der Waals surface area (Å²) in [6.07, 6.45) is 5.45. The summed E-state index contributed by atoms with van der Waals surface area (Å²) in [7, 11) is 3.20. The third-order valence-corrected chi connectivity index (χ3v) is 4.53. The molecule has 1 aromatic carbocycles. The van der Waals surface area contributed by atoms with E-state index in [2.05, 4.69) is 17.1 Å². The Hall–Kier alpha value is -1.75. The second-order valence-corrected chi connectivity index (χ2v) is 5.96. The van der Waals surface area contributed by atoms with Crippen LogP contribution in [0.1, 0.15) is 39.0 Å². The molecule has 5 nitrogen and oxygen atoms in total. The monoisotopic (exact) mass is 320 g/mol. The van der Waals surface area contributed by atoms with Gasteiger partial charge < -0.3 is 14.8 Å². The molecule has 1 fully saturated rings. The molecule has 128 valence electrons. The van der Waals surface area contributed by atoms with E-state index in [1.54, 1.807) is 26.4 Å². The number of amides is 1. The third kappa shape index (κ3) is 4.86.